The van der Waals surface area contributed by atoms with E-state index in [1.54, 1.807) is 0 Å². The van der Waals surface area contributed by atoms with Crippen molar-refractivity contribution in [3.05, 3.63) is 23.5 Å². The van der Waals surface area contributed by atoms with Gasteiger partial charge in [-0.3, -0.25) is 4.68 Å². The minimum absolute atomic E-state index is 0.670. The third kappa shape index (κ3) is 1.63. The fraction of sp³-hybridized carbons (Fsp3) is 0.692. The fourth-order valence-corrected chi connectivity index (χ4v) is 3.16. The molecule has 3 heteroatoms. The maximum Gasteiger partial charge on any atom is 0.0477 e. The van der Waals surface area contributed by atoms with Crippen LogP contribution in [0.1, 0.15) is 24.2 Å². The third-order valence-corrected chi connectivity index (χ3v) is 4.20. The minimum Gasteiger partial charge on any atom is -0.323 e. The molecule has 0 aliphatic carbocycles. The first-order valence-corrected chi connectivity index (χ1v) is 6.38. The van der Waals surface area contributed by atoms with Crippen LogP contribution in [0.2, 0.25) is 0 Å². The number of nitrogens with one attached hydrogen (secondary N) is 1. The highest BCUT2D eigenvalue weighted by Crippen LogP contribution is 2.27. The van der Waals surface area contributed by atoms with Crippen LogP contribution in [-0.4, -0.2) is 35.3 Å². The van der Waals surface area contributed by atoms with Gasteiger partial charge >= 0.3 is 0 Å². The van der Waals surface area contributed by atoms with Crippen LogP contribution in [0.25, 0.3) is 0 Å². The quantitative estimate of drug-likeness (QED) is 0.817. The summed E-state index contributed by atoms with van der Waals surface area (Å²) in [4.78, 5) is 2.60. The van der Waals surface area contributed by atoms with Gasteiger partial charge in [0.15, 0.2) is 0 Å². The molecule has 2 aliphatic heterocycles. The van der Waals surface area contributed by atoms with Crippen LogP contribution < -0.4 is 5.43 Å². The molecule has 2 fully saturated rings. The van der Waals surface area contributed by atoms with Crippen molar-refractivity contribution in [2.45, 2.75) is 32.7 Å². The molecule has 0 aromatic carbocycles. The average molecular weight is 219 g/mol. The minimum atomic E-state index is 0.670. The lowest BCUT2D eigenvalue weighted by molar-refractivity contribution is 0.247. The zero-order valence-electron chi connectivity index (χ0n) is 10.2. The van der Waals surface area contributed by atoms with Gasteiger partial charge in [0.2, 0.25) is 0 Å². The van der Waals surface area contributed by atoms with E-state index in [0.717, 1.165) is 5.92 Å². The largest absolute Gasteiger partial charge is 0.323 e. The molecule has 0 radical (unpaired) electrons. The lowest BCUT2D eigenvalue weighted by atomic mass is 9.95. The van der Waals surface area contributed by atoms with Crippen LogP contribution >= 0.6 is 0 Å². The van der Waals surface area contributed by atoms with Crippen LogP contribution in [0.5, 0.6) is 0 Å². The molecule has 1 aromatic rings. The lowest BCUT2D eigenvalue weighted by Crippen LogP contribution is -2.43. The van der Waals surface area contributed by atoms with Gasteiger partial charge in [0, 0.05) is 30.5 Å². The molecule has 1 N–H and O–H groups in total. The first kappa shape index (κ1) is 10.2. The van der Waals surface area contributed by atoms with Gasteiger partial charge in [-0.1, -0.05) is 0 Å². The molecule has 3 unspecified atom stereocenters. The Kier molecular flexibility index (Phi) is 2.43. The Hall–Kier alpha value is -0.960. The van der Waals surface area contributed by atoms with Crippen LogP contribution in [0.4, 0.5) is 0 Å². The highest BCUT2D eigenvalue weighted by atomic mass is 15.4. The van der Waals surface area contributed by atoms with Gasteiger partial charge in [0.05, 0.1) is 0 Å². The Bertz CT molecular complexity index is 363. The van der Waals surface area contributed by atoms with E-state index in [4.69, 9.17) is 0 Å². The number of hydrogen-bond acceptors (Lipinski definition) is 2. The van der Waals surface area contributed by atoms with Gasteiger partial charge in [-0.15, -0.1) is 0 Å². The summed E-state index contributed by atoms with van der Waals surface area (Å²) >= 11 is 0. The second-order valence-electron chi connectivity index (χ2n) is 5.33. The first-order chi connectivity index (χ1) is 7.74. The second-order valence-corrected chi connectivity index (χ2v) is 5.33. The molecule has 88 valence electrons. The SMILES string of the molecule is Cc1ccc(C)n1NC1CCN2CCC1C2. The molecule has 2 bridgehead atoms. The normalized spacial score (nSPS) is 33.0. The highest BCUT2D eigenvalue weighted by Gasteiger charge is 2.34. The summed E-state index contributed by atoms with van der Waals surface area (Å²) in [5.41, 5.74) is 6.35. The molecular weight excluding hydrogens is 198 g/mol. The summed E-state index contributed by atoms with van der Waals surface area (Å²) in [6.07, 6.45) is 2.67. The predicted molar refractivity (Wildman–Crippen MR) is 66.2 cm³/mol. The van der Waals surface area contributed by atoms with Crippen molar-refractivity contribution in [1.29, 1.82) is 0 Å². The number of fused-ring (bicyclic) bond motifs is 2. The van der Waals surface area contributed by atoms with E-state index in [9.17, 15) is 0 Å². The molecule has 1 aromatic heterocycles. The molecule has 3 heterocycles. The maximum atomic E-state index is 3.72. The van der Waals surface area contributed by atoms with E-state index in [1.807, 2.05) is 0 Å². The Morgan fingerprint density at radius 3 is 2.56 bits per heavy atom. The number of rotatable bonds is 2. The smallest absolute Gasteiger partial charge is 0.0477 e. The standard InChI is InChI=1S/C13H21N3/c1-10-3-4-11(2)16(10)14-13-6-8-15-7-5-12(13)9-15/h3-4,12-14H,5-9H2,1-2H3. The topological polar surface area (TPSA) is 20.2 Å². The van der Waals surface area contributed by atoms with Crippen molar-refractivity contribution in [3.63, 3.8) is 0 Å². The van der Waals surface area contributed by atoms with E-state index < -0.39 is 0 Å². The Labute approximate surface area is 97.4 Å². The molecule has 3 nitrogen and oxygen atoms in total. The fourth-order valence-electron chi connectivity index (χ4n) is 3.16. The molecule has 3 rings (SSSR count). The monoisotopic (exact) mass is 219 g/mol. The van der Waals surface area contributed by atoms with Gasteiger partial charge in [0.25, 0.3) is 0 Å². The Morgan fingerprint density at radius 2 is 1.81 bits per heavy atom. The van der Waals surface area contributed by atoms with Gasteiger partial charge in [-0.05, 0) is 51.3 Å². The molecule has 0 spiro atoms. The average Bonchev–Trinajstić information content (AvgIpc) is 2.80. The Balaban J connectivity index is 1.75. The summed E-state index contributed by atoms with van der Waals surface area (Å²) in [7, 11) is 0. The molecular formula is C13H21N3. The predicted octanol–water partition coefficient (Wildman–Crippen LogP) is 1.74. The van der Waals surface area contributed by atoms with Gasteiger partial charge in [-0.25, -0.2) is 0 Å². The molecule has 0 amide bonds. The Morgan fingerprint density at radius 1 is 1.12 bits per heavy atom. The van der Waals surface area contributed by atoms with E-state index >= 15 is 0 Å². The zero-order valence-corrected chi connectivity index (χ0v) is 10.2. The molecule has 2 saturated heterocycles. The summed E-state index contributed by atoms with van der Waals surface area (Å²) in [5, 5.41) is 0. The van der Waals surface area contributed by atoms with Crippen molar-refractivity contribution in [2.75, 3.05) is 25.1 Å². The van der Waals surface area contributed by atoms with Crippen molar-refractivity contribution in [3.8, 4) is 0 Å². The van der Waals surface area contributed by atoms with Crippen molar-refractivity contribution in [2.24, 2.45) is 5.92 Å². The molecule has 0 saturated carbocycles. The number of aryl methyl sites for hydroxylation is 2. The second kappa shape index (κ2) is 3.81. The van der Waals surface area contributed by atoms with Crippen LogP contribution in [0.3, 0.4) is 0 Å². The number of hydrogen-bond donors (Lipinski definition) is 1. The highest BCUT2D eigenvalue weighted by molar-refractivity contribution is 5.16. The number of piperidine rings is 1. The molecule has 16 heavy (non-hydrogen) atoms. The van der Waals surface area contributed by atoms with E-state index in [-0.39, 0.29) is 0 Å². The summed E-state index contributed by atoms with van der Waals surface area (Å²) in [6, 6.07) is 5.04. The van der Waals surface area contributed by atoms with Gasteiger partial charge in [-0.2, -0.15) is 0 Å². The molecule has 2 aliphatic rings. The zero-order chi connectivity index (χ0) is 11.1. The van der Waals surface area contributed by atoms with Gasteiger partial charge in [0.1, 0.15) is 0 Å². The third-order valence-electron chi connectivity index (χ3n) is 4.20. The van der Waals surface area contributed by atoms with Crippen LogP contribution in [-0.2, 0) is 0 Å². The van der Waals surface area contributed by atoms with E-state index in [2.05, 4.69) is 41.0 Å². The summed E-state index contributed by atoms with van der Waals surface area (Å²) in [5.74, 6) is 0.856. The van der Waals surface area contributed by atoms with Crippen LogP contribution in [0.15, 0.2) is 12.1 Å². The van der Waals surface area contributed by atoms with Crippen molar-refractivity contribution >= 4 is 0 Å². The lowest BCUT2D eigenvalue weighted by Gasteiger charge is -2.32. The van der Waals surface area contributed by atoms with Gasteiger partial charge < -0.3 is 10.3 Å². The van der Waals surface area contributed by atoms with Crippen LogP contribution in [0, 0.1) is 19.8 Å². The van der Waals surface area contributed by atoms with Crippen molar-refractivity contribution < 1.29 is 0 Å². The first-order valence-electron chi connectivity index (χ1n) is 6.38. The summed E-state index contributed by atoms with van der Waals surface area (Å²) in [6.45, 7) is 8.23. The van der Waals surface area contributed by atoms with E-state index in [0.29, 0.717) is 6.04 Å². The van der Waals surface area contributed by atoms with Crippen molar-refractivity contribution in [1.82, 2.24) is 9.58 Å². The van der Waals surface area contributed by atoms with E-state index in [1.165, 1.54) is 43.9 Å². The molecule has 3 atom stereocenters. The maximum absolute atomic E-state index is 3.72. The number of aromatic nitrogens is 1. The number of nitrogens with zero attached hydrogens (tertiary/aromatic N) is 2. The summed E-state index contributed by atoms with van der Waals surface area (Å²) < 4.78 is 2.26.